The number of anilines is 1. The van der Waals surface area contributed by atoms with Crippen molar-refractivity contribution in [1.29, 1.82) is 0 Å². The highest BCUT2D eigenvalue weighted by atomic mass is 79.9. The number of hydrogen-bond acceptors (Lipinski definition) is 9. The second-order valence-electron chi connectivity index (χ2n) is 10.9. The lowest BCUT2D eigenvalue weighted by Gasteiger charge is -2.47. The molecule has 5 heterocycles. The van der Waals surface area contributed by atoms with E-state index in [4.69, 9.17) is 4.98 Å². The molecule has 13 heteroatoms. The van der Waals surface area contributed by atoms with Crippen LogP contribution in [0.3, 0.4) is 0 Å². The molecule has 40 heavy (non-hydrogen) atoms. The Morgan fingerprint density at radius 1 is 1.07 bits per heavy atom. The fourth-order valence-corrected chi connectivity index (χ4v) is 7.72. The van der Waals surface area contributed by atoms with Crippen LogP contribution in [0.1, 0.15) is 19.3 Å². The van der Waals surface area contributed by atoms with Crippen molar-refractivity contribution in [2.24, 2.45) is 5.92 Å². The lowest BCUT2D eigenvalue weighted by atomic mass is 10.0. The van der Waals surface area contributed by atoms with Gasteiger partial charge in [0.1, 0.15) is 4.60 Å². The Morgan fingerprint density at radius 2 is 1.90 bits per heavy atom. The van der Waals surface area contributed by atoms with E-state index in [1.807, 2.05) is 35.2 Å². The summed E-state index contributed by atoms with van der Waals surface area (Å²) in [6.07, 6.45) is 5.99. The van der Waals surface area contributed by atoms with Crippen LogP contribution in [0.5, 0.6) is 0 Å². The Kier molecular flexibility index (Phi) is 6.47. The van der Waals surface area contributed by atoms with Gasteiger partial charge >= 0.3 is 0 Å². The number of amides is 1. The number of halogens is 1. The monoisotopic (exact) mass is 624 g/mol. The van der Waals surface area contributed by atoms with E-state index in [0.29, 0.717) is 42.4 Å². The van der Waals surface area contributed by atoms with Crippen molar-refractivity contribution in [2.45, 2.75) is 31.3 Å². The molecule has 2 aliphatic heterocycles. The lowest BCUT2D eigenvalue weighted by molar-refractivity contribution is -0.142. The Labute approximate surface area is 240 Å². The van der Waals surface area contributed by atoms with Crippen LogP contribution in [-0.4, -0.2) is 98.6 Å². The van der Waals surface area contributed by atoms with E-state index in [9.17, 15) is 13.2 Å². The summed E-state index contributed by atoms with van der Waals surface area (Å²) in [5.74, 6) is 1.15. The maximum Gasteiger partial charge on any atom is 0.225 e. The van der Waals surface area contributed by atoms with Gasteiger partial charge in [-0.1, -0.05) is 6.07 Å². The predicted octanol–water partition coefficient (Wildman–Crippen LogP) is 2.65. The molecule has 208 valence electrons. The molecule has 0 spiro atoms. The van der Waals surface area contributed by atoms with Crippen LogP contribution in [0.15, 0.2) is 47.3 Å². The highest BCUT2D eigenvalue weighted by molar-refractivity contribution is 9.10. The molecule has 2 atom stereocenters. The first-order valence-electron chi connectivity index (χ1n) is 13.6. The molecule has 1 saturated carbocycles. The molecule has 0 unspecified atom stereocenters. The van der Waals surface area contributed by atoms with E-state index < -0.39 is 9.84 Å². The first kappa shape index (κ1) is 25.8. The van der Waals surface area contributed by atoms with Crippen molar-refractivity contribution in [2.75, 3.05) is 43.0 Å². The van der Waals surface area contributed by atoms with E-state index in [0.717, 1.165) is 41.2 Å². The number of fused-ring (bicyclic) bond motifs is 2. The lowest BCUT2D eigenvalue weighted by Crippen LogP contribution is -2.64. The summed E-state index contributed by atoms with van der Waals surface area (Å²) in [5.41, 5.74) is 2.49. The molecule has 1 amide bonds. The zero-order valence-electron chi connectivity index (χ0n) is 21.8. The molecule has 1 aliphatic carbocycles. The number of rotatable bonds is 5. The van der Waals surface area contributed by atoms with Crippen LogP contribution in [-0.2, 0) is 14.6 Å². The van der Waals surface area contributed by atoms with E-state index in [2.05, 4.69) is 41.2 Å². The minimum atomic E-state index is -2.89. The molecular formula is C27H29BrN8O3S. The quantitative estimate of drug-likeness (QED) is 0.356. The van der Waals surface area contributed by atoms with Gasteiger partial charge in [-0.25, -0.2) is 18.1 Å². The molecule has 1 aromatic carbocycles. The zero-order valence-corrected chi connectivity index (χ0v) is 24.2. The van der Waals surface area contributed by atoms with Gasteiger partial charge in [0.05, 0.1) is 28.1 Å². The zero-order chi connectivity index (χ0) is 27.4. The Bertz CT molecular complexity index is 1710. The number of sulfone groups is 1. The van der Waals surface area contributed by atoms with Gasteiger partial charge in [-0.15, -0.1) is 0 Å². The van der Waals surface area contributed by atoms with Gasteiger partial charge in [-0.05, 0) is 59.5 Å². The number of nitrogens with zero attached hydrogens (tertiary/aromatic N) is 7. The number of pyridine rings is 1. The fourth-order valence-electron chi connectivity index (χ4n) is 6.05. The molecule has 3 aromatic heterocycles. The number of carbonyl (C=O) groups is 1. The third-order valence-corrected chi connectivity index (χ3v) is 10.6. The summed E-state index contributed by atoms with van der Waals surface area (Å²) < 4.78 is 25.9. The van der Waals surface area contributed by atoms with Crippen molar-refractivity contribution in [3.8, 4) is 5.69 Å². The number of hydrogen-bond donors (Lipinski definition) is 1. The summed E-state index contributed by atoms with van der Waals surface area (Å²) in [6.45, 7) is 2.53. The molecule has 4 aromatic rings. The minimum Gasteiger partial charge on any atom is -0.351 e. The molecular weight excluding hydrogens is 596 g/mol. The van der Waals surface area contributed by atoms with Crippen LogP contribution < -0.4 is 5.32 Å². The fraction of sp³-hybridized carbons (Fsp3) is 0.444. The van der Waals surface area contributed by atoms with Crippen LogP contribution in [0.2, 0.25) is 0 Å². The Hall–Kier alpha value is -3.16. The summed E-state index contributed by atoms with van der Waals surface area (Å²) in [7, 11) is -2.89. The van der Waals surface area contributed by atoms with E-state index in [1.54, 1.807) is 17.1 Å². The van der Waals surface area contributed by atoms with E-state index in [-0.39, 0.29) is 35.4 Å². The highest BCUT2D eigenvalue weighted by Gasteiger charge is 2.41. The average Bonchev–Trinajstić information content (AvgIpc) is 3.52. The third kappa shape index (κ3) is 4.83. The molecule has 0 radical (unpaired) electrons. The molecule has 2 saturated heterocycles. The molecule has 1 N–H and O–H groups in total. The molecule has 11 nitrogen and oxygen atoms in total. The van der Waals surface area contributed by atoms with Crippen molar-refractivity contribution >= 4 is 59.6 Å². The van der Waals surface area contributed by atoms with Crippen molar-refractivity contribution in [3.05, 3.63) is 47.3 Å². The van der Waals surface area contributed by atoms with Crippen LogP contribution in [0.4, 0.5) is 5.95 Å². The number of nitrogens with one attached hydrogen (secondary N) is 1. The third-order valence-electron chi connectivity index (χ3n) is 8.39. The molecule has 3 aliphatic rings. The Morgan fingerprint density at radius 3 is 2.73 bits per heavy atom. The topological polar surface area (TPSA) is 126 Å². The first-order chi connectivity index (χ1) is 19.3. The smallest absolute Gasteiger partial charge is 0.225 e. The maximum absolute atomic E-state index is 13.2. The minimum absolute atomic E-state index is 0.0187. The normalized spacial score (nSPS) is 23.5. The van der Waals surface area contributed by atoms with E-state index >= 15 is 0 Å². The molecule has 7 rings (SSSR count). The number of aromatic nitrogens is 5. The number of likely N-dealkylation sites (tertiary alicyclic amines) is 1. The van der Waals surface area contributed by atoms with E-state index in [1.165, 1.54) is 0 Å². The second kappa shape index (κ2) is 10.0. The van der Waals surface area contributed by atoms with Crippen LogP contribution >= 0.6 is 15.9 Å². The second-order valence-corrected chi connectivity index (χ2v) is 14.0. The molecule has 0 bridgehead atoms. The van der Waals surface area contributed by atoms with Crippen LogP contribution in [0, 0.1) is 5.92 Å². The summed E-state index contributed by atoms with van der Waals surface area (Å²) in [5, 5.41) is 9.94. The standard InChI is InChI=1S/C27H29BrN8O3S/c28-24-22-14-30-27(32-25(22)36(33-24)20-5-6-23-17(13-20)2-1-7-29-23)31-19-4-3-18(12-19)26(37)35-15-21(16-35)34-8-10-40(38,39)11-9-34/h1-2,5-7,13-14,18-19,21H,3-4,8-12,15-16H2,(H,30,31,32)/t18-,19-/m1/s1. The SMILES string of the molecule is O=C([C@@H]1CC[C@@H](Nc2ncc3c(Br)nn(-c4ccc5ncccc5c4)c3n2)C1)N1CC(N2CCS(=O)(=O)CC2)C1. The summed E-state index contributed by atoms with van der Waals surface area (Å²) in [6, 6.07) is 10.3. The Balaban J connectivity index is 1.00. The molecule has 3 fully saturated rings. The van der Waals surface area contributed by atoms with Gasteiger partial charge in [0.2, 0.25) is 11.9 Å². The highest BCUT2D eigenvalue weighted by Crippen LogP contribution is 2.32. The van der Waals surface area contributed by atoms with Gasteiger partial charge in [0.25, 0.3) is 0 Å². The van der Waals surface area contributed by atoms with Gasteiger partial charge in [-0.3, -0.25) is 14.7 Å². The summed E-state index contributed by atoms with van der Waals surface area (Å²) >= 11 is 3.55. The van der Waals surface area contributed by atoms with Gasteiger partial charge in [0.15, 0.2) is 15.5 Å². The maximum atomic E-state index is 13.2. The van der Waals surface area contributed by atoms with Crippen molar-refractivity contribution < 1.29 is 13.2 Å². The van der Waals surface area contributed by atoms with Crippen molar-refractivity contribution in [1.82, 2.24) is 34.5 Å². The van der Waals surface area contributed by atoms with Crippen LogP contribution in [0.25, 0.3) is 27.6 Å². The summed E-state index contributed by atoms with van der Waals surface area (Å²) in [4.78, 5) is 31.0. The predicted molar refractivity (Wildman–Crippen MR) is 155 cm³/mol. The number of benzene rings is 1. The van der Waals surface area contributed by atoms with Crippen molar-refractivity contribution in [3.63, 3.8) is 0 Å². The number of carbonyl (C=O) groups excluding carboxylic acids is 1. The average molecular weight is 626 g/mol. The van der Waals surface area contributed by atoms with Gasteiger partial charge in [0, 0.05) is 62.0 Å². The van der Waals surface area contributed by atoms with Gasteiger partial charge < -0.3 is 10.2 Å². The first-order valence-corrected chi connectivity index (χ1v) is 16.2. The van der Waals surface area contributed by atoms with Gasteiger partial charge in [-0.2, -0.15) is 10.1 Å². The largest absolute Gasteiger partial charge is 0.351 e.